The van der Waals surface area contributed by atoms with Crippen molar-refractivity contribution in [2.45, 2.75) is 30.9 Å². The summed E-state index contributed by atoms with van der Waals surface area (Å²) in [7, 11) is 0. The number of rotatable bonds is 5. The lowest BCUT2D eigenvalue weighted by Gasteiger charge is -2.33. The molecule has 1 aromatic rings. The number of carbonyl (C=O) groups excluding carboxylic acids is 1. The molecule has 1 aromatic carbocycles. The summed E-state index contributed by atoms with van der Waals surface area (Å²) in [4.78, 5) is 11.3. The van der Waals surface area contributed by atoms with Gasteiger partial charge in [-0.25, -0.2) is 4.79 Å². The van der Waals surface area contributed by atoms with Gasteiger partial charge >= 0.3 is 29.9 Å². The van der Waals surface area contributed by atoms with Crippen molar-refractivity contribution >= 4 is 5.97 Å². The van der Waals surface area contributed by atoms with Gasteiger partial charge in [-0.2, -0.15) is 39.5 Å². The molecule has 0 amide bonds. The molecule has 0 radical (unpaired) electrons. The largest absolute Gasteiger partial charge is 0.462 e. The second-order valence-electron chi connectivity index (χ2n) is 4.52. The predicted octanol–water partition coefficient (Wildman–Crippen LogP) is 4.79. The van der Waals surface area contributed by atoms with Crippen molar-refractivity contribution in [2.24, 2.45) is 0 Å². The fourth-order valence-corrected chi connectivity index (χ4v) is 1.61. The lowest BCUT2D eigenvalue weighted by Crippen LogP contribution is -2.59. The maximum atomic E-state index is 13.7. The summed E-state index contributed by atoms with van der Waals surface area (Å²) in [5.74, 6) is -20.9. The first kappa shape index (κ1) is 20.1. The lowest BCUT2D eigenvalue weighted by molar-refractivity contribution is -0.399. The summed E-state index contributed by atoms with van der Waals surface area (Å²) in [6.07, 6.45) is -6.90. The van der Waals surface area contributed by atoms with Gasteiger partial charge in [-0.15, -0.1) is 0 Å². The second-order valence-corrected chi connectivity index (χ2v) is 4.52. The highest BCUT2D eigenvalue weighted by Crippen LogP contribution is 2.56. The Hall–Kier alpha value is -1.94. The topological polar surface area (TPSA) is 26.3 Å². The summed E-state index contributed by atoms with van der Waals surface area (Å²) in [5, 5.41) is 0. The monoisotopic (exact) mass is 368 g/mol. The minimum atomic E-state index is -7.00. The van der Waals surface area contributed by atoms with Crippen molar-refractivity contribution < 1.29 is 49.0 Å². The molecule has 0 aliphatic heterocycles. The first-order valence-electron chi connectivity index (χ1n) is 6.18. The van der Waals surface area contributed by atoms with E-state index in [0.29, 0.717) is 6.07 Å². The zero-order valence-electron chi connectivity index (χ0n) is 11.7. The maximum Gasteiger partial charge on any atom is 0.460 e. The van der Waals surface area contributed by atoms with Crippen molar-refractivity contribution in [1.82, 2.24) is 0 Å². The van der Waals surface area contributed by atoms with E-state index in [1.807, 2.05) is 0 Å². The molecule has 11 heteroatoms. The SMILES string of the molecule is CCOC(=O)c1cccc(C(F)(F)C(F)(F)C(F)(F)C(F)(F)F)c1. The first-order valence-corrected chi connectivity index (χ1v) is 6.18. The highest BCUT2D eigenvalue weighted by atomic mass is 19.4. The zero-order valence-corrected chi connectivity index (χ0v) is 11.7. The molecule has 0 aliphatic carbocycles. The average molecular weight is 368 g/mol. The Bertz CT molecular complexity index is 608. The smallest absolute Gasteiger partial charge is 0.460 e. The summed E-state index contributed by atoms with van der Waals surface area (Å²) < 4.78 is 120. The van der Waals surface area contributed by atoms with Gasteiger partial charge in [0.25, 0.3) is 0 Å². The van der Waals surface area contributed by atoms with Crippen LogP contribution >= 0.6 is 0 Å². The summed E-state index contributed by atoms with van der Waals surface area (Å²) in [6.45, 7) is 1.14. The molecular weight excluding hydrogens is 359 g/mol. The molecule has 0 unspecified atom stereocenters. The van der Waals surface area contributed by atoms with E-state index >= 15 is 0 Å². The highest BCUT2D eigenvalue weighted by molar-refractivity contribution is 5.89. The molecule has 0 saturated heterocycles. The van der Waals surface area contributed by atoms with Crippen LogP contribution in [0, 0.1) is 0 Å². The summed E-state index contributed by atoms with van der Waals surface area (Å²) in [5.41, 5.74) is -2.60. The number of carbonyl (C=O) groups is 1. The Morgan fingerprint density at radius 2 is 1.50 bits per heavy atom. The van der Waals surface area contributed by atoms with E-state index in [9.17, 15) is 44.3 Å². The fraction of sp³-hybridized carbons (Fsp3) is 0.462. The van der Waals surface area contributed by atoms with E-state index in [1.54, 1.807) is 0 Å². The molecule has 24 heavy (non-hydrogen) atoms. The number of hydrogen-bond donors (Lipinski definition) is 0. The number of halogens is 9. The van der Waals surface area contributed by atoms with Gasteiger partial charge in [0.05, 0.1) is 12.2 Å². The Kier molecular flexibility index (Phi) is 5.17. The molecule has 0 spiro atoms. The van der Waals surface area contributed by atoms with Crippen molar-refractivity contribution in [2.75, 3.05) is 6.61 Å². The number of alkyl halides is 9. The van der Waals surface area contributed by atoms with Crippen molar-refractivity contribution in [3.63, 3.8) is 0 Å². The van der Waals surface area contributed by atoms with Crippen LogP contribution in [0.4, 0.5) is 39.5 Å². The number of hydrogen-bond acceptors (Lipinski definition) is 2. The third-order valence-electron chi connectivity index (χ3n) is 2.88. The molecule has 0 N–H and O–H groups in total. The Labute approximate surface area is 129 Å². The molecule has 0 heterocycles. The van der Waals surface area contributed by atoms with E-state index in [-0.39, 0.29) is 18.7 Å². The van der Waals surface area contributed by atoms with E-state index in [0.717, 1.165) is 6.07 Å². The van der Waals surface area contributed by atoms with Crippen molar-refractivity contribution in [1.29, 1.82) is 0 Å². The van der Waals surface area contributed by atoms with Gasteiger partial charge in [-0.05, 0) is 19.1 Å². The number of esters is 1. The lowest BCUT2D eigenvalue weighted by atomic mass is 9.95. The van der Waals surface area contributed by atoms with Crippen LogP contribution in [0.15, 0.2) is 24.3 Å². The third-order valence-corrected chi connectivity index (χ3v) is 2.88. The maximum absolute atomic E-state index is 13.7. The molecule has 136 valence electrons. The van der Waals surface area contributed by atoms with E-state index in [2.05, 4.69) is 4.74 Å². The molecule has 0 atom stereocenters. The van der Waals surface area contributed by atoms with Crippen LogP contribution in [0.5, 0.6) is 0 Å². The quantitative estimate of drug-likeness (QED) is 0.552. The zero-order chi connectivity index (χ0) is 19.0. The van der Waals surface area contributed by atoms with Gasteiger partial charge in [0.1, 0.15) is 0 Å². The van der Waals surface area contributed by atoms with Gasteiger partial charge in [0.15, 0.2) is 0 Å². The Morgan fingerprint density at radius 3 is 1.96 bits per heavy atom. The number of ether oxygens (including phenoxy) is 1. The van der Waals surface area contributed by atoms with E-state index in [4.69, 9.17) is 0 Å². The number of benzene rings is 1. The summed E-state index contributed by atoms with van der Waals surface area (Å²) >= 11 is 0. The van der Waals surface area contributed by atoms with Gasteiger partial charge in [0.2, 0.25) is 0 Å². The molecule has 2 nitrogen and oxygen atoms in total. The van der Waals surface area contributed by atoms with Crippen LogP contribution in [0.2, 0.25) is 0 Å². The standard InChI is InChI=1S/C13H9F9O2/c1-2-24-9(23)7-4-3-5-8(6-7)10(14,15)11(16,17)12(18,19)13(20,21)22/h3-6H,2H2,1H3. The van der Waals surface area contributed by atoms with E-state index in [1.165, 1.54) is 6.92 Å². The normalized spacial score (nSPS) is 13.8. The van der Waals surface area contributed by atoms with Gasteiger partial charge < -0.3 is 4.74 Å². The minimum absolute atomic E-state index is 0.0678. The van der Waals surface area contributed by atoms with Crippen molar-refractivity contribution in [3.05, 3.63) is 35.4 Å². The Morgan fingerprint density at radius 1 is 0.958 bits per heavy atom. The van der Waals surface area contributed by atoms with Crippen molar-refractivity contribution in [3.8, 4) is 0 Å². The predicted molar refractivity (Wildman–Crippen MR) is 62.2 cm³/mol. The molecule has 0 saturated carbocycles. The van der Waals surface area contributed by atoms with E-state index < -0.39 is 41.0 Å². The molecule has 0 bridgehead atoms. The average Bonchev–Trinajstić information content (AvgIpc) is 2.46. The molecule has 1 rings (SSSR count). The summed E-state index contributed by atoms with van der Waals surface area (Å²) in [6, 6.07) is 1.73. The second kappa shape index (κ2) is 6.17. The fourth-order valence-electron chi connectivity index (χ4n) is 1.61. The van der Waals surface area contributed by atoms with Crippen LogP contribution in [0.1, 0.15) is 22.8 Å². The molecule has 0 fully saturated rings. The van der Waals surface area contributed by atoms with Crippen LogP contribution in [-0.2, 0) is 10.7 Å². The molecule has 0 aliphatic rings. The van der Waals surface area contributed by atoms with Gasteiger partial charge in [-0.1, -0.05) is 12.1 Å². The highest BCUT2D eigenvalue weighted by Gasteiger charge is 2.82. The Balaban J connectivity index is 3.39. The van der Waals surface area contributed by atoms with Crippen LogP contribution in [0.3, 0.4) is 0 Å². The van der Waals surface area contributed by atoms with Gasteiger partial charge in [0, 0.05) is 5.56 Å². The first-order chi connectivity index (χ1) is 10.7. The molecular formula is C13H9F9O2. The van der Waals surface area contributed by atoms with Gasteiger partial charge in [-0.3, -0.25) is 0 Å². The van der Waals surface area contributed by atoms with Crippen LogP contribution in [-0.4, -0.2) is 30.6 Å². The van der Waals surface area contributed by atoms with Crippen LogP contribution in [0.25, 0.3) is 0 Å². The third kappa shape index (κ3) is 3.16. The molecule has 0 aromatic heterocycles. The minimum Gasteiger partial charge on any atom is -0.462 e. The van der Waals surface area contributed by atoms with Crippen LogP contribution < -0.4 is 0 Å².